The van der Waals surface area contributed by atoms with Crippen LogP contribution >= 0.6 is 0 Å². The third kappa shape index (κ3) is 3.92. The zero-order valence-corrected chi connectivity index (χ0v) is 11.1. The average molecular weight is 252 g/mol. The molecule has 5 heteroatoms. The number of aromatic hydroxyl groups is 1. The standard InChI is InChI=1S/C13H20N2O3/c1-4-15(9-13(17)14-2)8-10-5-6-11(16)12(7-10)18-3/h5-7,16H,4,8-9H2,1-3H3,(H,14,17). The summed E-state index contributed by atoms with van der Waals surface area (Å²) in [5, 5.41) is 12.1. The third-order valence-electron chi connectivity index (χ3n) is 2.74. The maximum Gasteiger partial charge on any atom is 0.233 e. The minimum Gasteiger partial charge on any atom is -0.504 e. The lowest BCUT2D eigenvalue weighted by atomic mass is 10.2. The quantitative estimate of drug-likeness (QED) is 0.792. The number of benzene rings is 1. The highest BCUT2D eigenvalue weighted by molar-refractivity contribution is 5.77. The third-order valence-corrected chi connectivity index (χ3v) is 2.74. The van der Waals surface area contributed by atoms with Gasteiger partial charge in [0.1, 0.15) is 0 Å². The van der Waals surface area contributed by atoms with Crippen molar-refractivity contribution >= 4 is 5.91 Å². The van der Waals surface area contributed by atoms with Gasteiger partial charge in [-0.05, 0) is 24.2 Å². The number of nitrogens with one attached hydrogen (secondary N) is 1. The van der Waals surface area contributed by atoms with Gasteiger partial charge in [0.25, 0.3) is 0 Å². The summed E-state index contributed by atoms with van der Waals surface area (Å²) in [6.45, 7) is 3.77. The lowest BCUT2D eigenvalue weighted by Gasteiger charge is -2.19. The normalized spacial score (nSPS) is 10.4. The van der Waals surface area contributed by atoms with Crippen LogP contribution in [0, 0.1) is 0 Å². The van der Waals surface area contributed by atoms with Crippen molar-refractivity contribution in [1.29, 1.82) is 0 Å². The fourth-order valence-electron chi connectivity index (χ4n) is 1.64. The highest BCUT2D eigenvalue weighted by atomic mass is 16.5. The number of carbonyl (C=O) groups is 1. The molecule has 0 saturated carbocycles. The lowest BCUT2D eigenvalue weighted by molar-refractivity contribution is -0.121. The molecule has 0 aromatic heterocycles. The van der Waals surface area contributed by atoms with E-state index in [1.807, 2.05) is 17.9 Å². The Balaban J connectivity index is 2.72. The number of phenols is 1. The predicted octanol–water partition coefficient (Wildman–Crippen LogP) is 0.969. The van der Waals surface area contributed by atoms with Gasteiger partial charge in [-0.3, -0.25) is 9.69 Å². The van der Waals surface area contributed by atoms with Gasteiger partial charge in [-0.2, -0.15) is 0 Å². The van der Waals surface area contributed by atoms with Crippen LogP contribution in [-0.2, 0) is 11.3 Å². The molecule has 0 radical (unpaired) electrons. The van der Waals surface area contributed by atoms with Gasteiger partial charge in [-0.1, -0.05) is 13.0 Å². The van der Waals surface area contributed by atoms with Gasteiger partial charge in [0, 0.05) is 13.6 Å². The van der Waals surface area contributed by atoms with E-state index >= 15 is 0 Å². The second-order valence-corrected chi connectivity index (χ2v) is 3.98. The molecule has 2 N–H and O–H groups in total. The molecule has 0 spiro atoms. The first kappa shape index (κ1) is 14.3. The molecule has 0 aliphatic rings. The summed E-state index contributed by atoms with van der Waals surface area (Å²) >= 11 is 0. The van der Waals surface area contributed by atoms with Gasteiger partial charge in [0.2, 0.25) is 5.91 Å². The van der Waals surface area contributed by atoms with E-state index in [4.69, 9.17) is 4.74 Å². The molecule has 1 aromatic rings. The number of hydrogen-bond donors (Lipinski definition) is 2. The van der Waals surface area contributed by atoms with Gasteiger partial charge >= 0.3 is 0 Å². The van der Waals surface area contributed by atoms with E-state index in [-0.39, 0.29) is 11.7 Å². The summed E-state index contributed by atoms with van der Waals surface area (Å²) in [5.41, 5.74) is 0.996. The second-order valence-electron chi connectivity index (χ2n) is 3.98. The van der Waals surface area contributed by atoms with Crippen molar-refractivity contribution in [3.8, 4) is 11.5 Å². The summed E-state index contributed by atoms with van der Waals surface area (Å²) in [4.78, 5) is 13.3. The molecule has 0 fully saturated rings. The van der Waals surface area contributed by atoms with Crippen LogP contribution in [0.3, 0.4) is 0 Å². The number of methoxy groups -OCH3 is 1. The summed E-state index contributed by atoms with van der Waals surface area (Å²) in [6, 6.07) is 5.20. The van der Waals surface area contributed by atoms with Crippen molar-refractivity contribution < 1.29 is 14.6 Å². The van der Waals surface area contributed by atoms with Crippen LogP contribution in [0.25, 0.3) is 0 Å². The molecule has 100 valence electrons. The van der Waals surface area contributed by atoms with Crippen molar-refractivity contribution in [3.63, 3.8) is 0 Å². The topological polar surface area (TPSA) is 61.8 Å². The maximum atomic E-state index is 11.3. The molecule has 0 bridgehead atoms. The van der Waals surface area contributed by atoms with Crippen LogP contribution in [0.4, 0.5) is 0 Å². The van der Waals surface area contributed by atoms with E-state index in [0.717, 1.165) is 12.1 Å². The molecule has 5 nitrogen and oxygen atoms in total. The smallest absolute Gasteiger partial charge is 0.233 e. The Bertz CT molecular complexity index is 407. The number of ether oxygens (including phenoxy) is 1. The predicted molar refractivity (Wildman–Crippen MR) is 69.7 cm³/mol. The Morgan fingerprint density at radius 3 is 2.78 bits per heavy atom. The van der Waals surface area contributed by atoms with Crippen molar-refractivity contribution in [2.75, 3.05) is 27.2 Å². The Morgan fingerprint density at radius 2 is 2.22 bits per heavy atom. The number of hydrogen-bond acceptors (Lipinski definition) is 4. The average Bonchev–Trinajstić information content (AvgIpc) is 2.39. The number of nitrogens with zero attached hydrogens (tertiary/aromatic N) is 1. The SMILES string of the molecule is CCN(CC(=O)NC)Cc1ccc(O)c(OC)c1. The summed E-state index contributed by atoms with van der Waals surface area (Å²) in [7, 11) is 3.14. The van der Waals surface area contributed by atoms with Gasteiger partial charge in [-0.15, -0.1) is 0 Å². The number of likely N-dealkylation sites (N-methyl/N-ethyl adjacent to an activating group) is 2. The molecule has 0 saturated heterocycles. The van der Waals surface area contributed by atoms with Crippen LogP contribution in [0.15, 0.2) is 18.2 Å². The number of carbonyl (C=O) groups excluding carboxylic acids is 1. The molecule has 0 aliphatic heterocycles. The zero-order valence-electron chi connectivity index (χ0n) is 11.1. The van der Waals surface area contributed by atoms with Crippen LogP contribution < -0.4 is 10.1 Å². The number of amides is 1. The van der Waals surface area contributed by atoms with E-state index in [2.05, 4.69) is 5.32 Å². The van der Waals surface area contributed by atoms with E-state index in [1.165, 1.54) is 7.11 Å². The van der Waals surface area contributed by atoms with E-state index < -0.39 is 0 Å². The van der Waals surface area contributed by atoms with Crippen molar-refractivity contribution in [3.05, 3.63) is 23.8 Å². The van der Waals surface area contributed by atoms with Gasteiger partial charge in [0.05, 0.1) is 13.7 Å². The highest BCUT2D eigenvalue weighted by Gasteiger charge is 2.10. The summed E-state index contributed by atoms with van der Waals surface area (Å²) in [6.07, 6.45) is 0. The van der Waals surface area contributed by atoms with Crippen molar-refractivity contribution in [1.82, 2.24) is 10.2 Å². The minimum atomic E-state index is -0.0115. The Hall–Kier alpha value is -1.75. The maximum absolute atomic E-state index is 11.3. The first-order valence-corrected chi connectivity index (χ1v) is 5.89. The van der Waals surface area contributed by atoms with E-state index in [9.17, 15) is 9.90 Å². The van der Waals surface area contributed by atoms with Crippen LogP contribution in [0.1, 0.15) is 12.5 Å². The molecule has 1 rings (SSSR count). The Morgan fingerprint density at radius 1 is 1.50 bits per heavy atom. The number of rotatable bonds is 6. The monoisotopic (exact) mass is 252 g/mol. The largest absolute Gasteiger partial charge is 0.504 e. The molecule has 0 atom stereocenters. The molecule has 1 amide bonds. The molecular weight excluding hydrogens is 232 g/mol. The first-order chi connectivity index (χ1) is 8.60. The van der Waals surface area contributed by atoms with Gasteiger partial charge in [-0.25, -0.2) is 0 Å². The van der Waals surface area contributed by atoms with Crippen molar-refractivity contribution in [2.45, 2.75) is 13.5 Å². The summed E-state index contributed by atoms with van der Waals surface area (Å²) in [5.74, 6) is 0.557. The Labute approximate surface area is 107 Å². The Kier molecular flexibility index (Phi) is 5.45. The highest BCUT2D eigenvalue weighted by Crippen LogP contribution is 2.26. The van der Waals surface area contributed by atoms with Gasteiger partial charge in [0.15, 0.2) is 11.5 Å². The second kappa shape index (κ2) is 6.86. The fraction of sp³-hybridized carbons (Fsp3) is 0.462. The fourth-order valence-corrected chi connectivity index (χ4v) is 1.64. The van der Waals surface area contributed by atoms with Crippen LogP contribution in [-0.4, -0.2) is 43.2 Å². The van der Waals surface area contributed by atoms with Gasteiger partial charge < -0.3 is 15.2 Å². The van der Waals surface area contributed by atoms with E-state index in [0.29, 0.717) is 18.8 Å². The summed E-state index contributed by atoms with van der Waals surface area (Å²) < 4.78 is 5.06. The molecule has 18 heavy (non-hydrogen) atoms. The van der Waals surface area contributed by atoms with Crippen LogP contribution in [0.2, 0.25) is 0 Å². The zero-order chi connectivity index (χ0) is 13.5. The molecule has 0 unspecified atom stereocenters. The number of phenolic OH excluding ortho intramolecular Hbond substituents is 1. The lowest BCUT2D eigenvalue weighted by Crippen LogP contribution is -2.35. The molecular formula is C13H20N2O3. The minimum absolute atomic E-state index is 0.0115. The molecule has 0 heterocycles. The van der Waals surface area contributed by atoms with E-state index in [1.54, 1.807) is 19.2 Å². The molecule has 0 aliphatic carbocycles. The molecule has 1 aromatic carbocycles. The first-order valence-electron chi connectivity index (χ1n) is 5.89. The van der Waals surface area contributed by atoms with Crippen LogP contribution in [0.5, 0.6) is 11.5 Å². The van der Waals surface area contributed by atoms with Crippen molar-refractivity contribution in [2.24, 2.45) is 0 Å².